The van der Waals surface area contributed by atoms with Crippen molar-refractivity contribution in [3.63, 3.8) is 0 Å². The highest BCUT2D eigenvalue weighted by Crippen LogP contribution is 2.65. The van der Waals surface area contributed by atoms with Crippen LogP contribution in [0.25, 0.3) is 270 Å². The van der Waals surface area contributed by atoms with Crippen LogP contribution in [0.4, 0.5) is 34.1 Å². The Bertz CT molecular complexity index is 10800. The topological polar surface area (TPSA) is 45.9 Å². The summed E-state index contributed by atoms with van der Waals surface area (Å²) < 4.78 is 27.2. The fourth-order valence-corrected chi connectivity index (χ4v) is 29.5. The largest absolute Gasteiger partial charge is 0.456 e. The zero-order valence-electron chi connectivity index (χ0n) is 78.8. The van der Waals surface area contributed by atoms with Gasteiger partial charge in [0.2, 0.25) is 0 Å². The van der Waals surface area contributed by atoms with Crippen molar-refractivity contribution in [2.45, 2.75) is 38.5 Å². The third kappa shape index (κ3) is 11.2. The first-order valence-corrected chi connectivity index (χ1v) is 52.2. The molecule has 0 radical (unpaired) electrons. The Morgan fingerprint density at radius 2 is 0.583 bits per heavy atom. The lowest BCUT2D eigenvalue weighted by atomic mass is 9.80. The van der Waals surface area contributed by atoms with Crippen molar-refractivity contribution < 1.29 is 13.3 Å². The van der Waals surface area contributed by atoms with Crippen LogP contribution < -0.4 is 9.80 Å². The minimum atomic E-state index is -0.0609. The highest BCUT2D eigenvalue weighted by Gasteiger charge is 2.43. The van der Waals surface area contributed by atoms with Crippen molar-refractivity contribution in [2.75, 3.05) is 9.80 Å². The van der Waals surface area contributed by atoms with Gasteiger partial charge in [-0.15, -0.1) is 34.0 Å². The number of fused-ring (bicyclic) bond motifs is 10. The van der Waals surface area contributed by atoms with Gasteiger partial charge in [-0.2, -0.15) is 0 Å². The summed E-state index contributed by atoms with van der Waals surface area (Å²) in [4.78, 5) is 4.71. The van der Waals surface area contributed by atoms with Gasteiger partial charge in [0.1, 0.15) is 33.5 Å². The van der Waals surface area contributed by atoms with Gasteiger partial charge in [-0.1, -0.05) is 301 Å². The maximum atomic E-state index is 6.52. The van der Waals surface area contributed by atoms with Crippen molar-refractivity contribution >= 4 is 238 Å². The van der Waals surface area contributed by atoms with Gasteiger partial charge >= 0.3 is 0 Å². The van der Waals surface area contributed by atoms with E-state index >= 15 is 0 Å². The molecule has 5 aliphatic carbocycles. The lowest BCUT2D eigenvalue weighted by molar-refractivity contribution is 0.661. The predicted octanol–water partition coefficient (Wildman–Crippen LogP) is 40.6. The van der Waals surface area contributed by atoms with E-state index in [0.717, 1.165) is 83.8 Å². The molecule has 34 rings (SSSR count). The number of rotatable bonds is 10. The molecule has 0 spiro atoms. The Labute approximate surface area is 839 Å². The second-order valence-electron chi connectivity index (χ2n) is 40.5. The van der Waals surface area contributed by atoms with E-state index in [1.165, 1.54) is 242 Å². The molecule has 29 aromatic rings. The van der Waals surface area contributed by atoms with Gasteiger partial charge in [-0.25, -0.2) is 0 Å². The van der Waals surface area contributed by atoms with Crippen LogP contribution in [0.5, 0.6) is 0 Å². The zero-order chi connectivity index (χ0) is 94.5. The molecule has 5 nitrogen and oxygen atoms in total. The number of anilines is 6. The Balaban J connectivity index is 0.0000000968. The van der Waals surface area contributed by atoms with Crippen molar-refractivity contribution in [1.29, 1.82) is 0 Å². The van der Waals surface area contributed by atoms with Crippen molar-refractivity contribution in [3.05, 3.63) is 447 Å². The molecule has 144 heavy (non-hydrogen) atoms. The molecule has 0 amide bonds. The third-order valence-corrected chi connectivity index (χ3v) is 35.6. The van der Waals surface area contributed by atoms with E-state index in [-0.39, 0.29) is 10.8 Å². The molecule has 6 heterocycles. The van der Waals surface area contributed by atoms with E-state index in [1.807, 2.05) is 52.2 Å². The van der Waals surface area contributed by atoms with Gasteiger partial charge in [0.15, 0.2) is 0 Å². The van der Waals surface area contributed by atoms with Crippen LogP contribution in [0.2, 0.25) is 0 Å². The average molecular weight is 1890 g/mol. The summed E-state index contributed by atoms with van der Waals surface area (Å²) in [6.45, 7) is 9.60. The minimum Gasteiger partial charge on any atom is -0.456 e. The van der Waals surface area contributed by atoms with Crippen molar-refractivity contribution in [2.24, 2.45) is 0 Å². The molecule has 23 aromatic carbocycles. The molecule has 672 valence electrons. The Hall–Kier alpha value is -17.2. The Morgan fingerprint density at radius 1 is 0.174 bits per heavy atom. The van der Waals surface area contributed by atoms with Gasteiger partial charge in [0.25, 0.3) is 0 Å². The lowest BCUT2D eigenvalue weighted by Crippen LogP contribution is -2.15. The SMILES string of the molecule is CC1(C)c2cccc3c2-c2c1ccc1c(-c4cccc(-c5cccc6oc7ccccc7c56)c4)cc4sc5cccc-3c5c4c21.CC1(C)c2cccc3c2-c2c1ccc1c(-c4cccc(N(c5ccccc5)c5ccc6ccccc6c5)c4)cc4sc5cccc-3c5c4c21.c1ccc(N(c2cccc(-c3ccc4sc5ccc6ccc7oc8cccc9c8c7c6c5c4c3-9)c2)c2ccc3c(c2)oc2ccccc23)cc1. The van der Waals surface area contributed by atoms with Gasteiger partial charge in [-0.05, 0) is 306 Å². The third-order valence-electron chi connectivity index (χ3n) is 32.3. The van der Waals surface area contributed by atoms with Gasteiger partial charge in [-0.3, -0.25) is 0 Å². The number of nitrogens with zero attached hydrogens (tertiary/aromatic N) is 2. The van der Waals surface area contributed by atoms with Gasteiger partial charge in [0, 0.05) is 149 Å². The Morgan fingerprint density at radius 3 is 1.24 bits per heavy atom. The van der Waals surface area contributed by atoms with Crippen LogP contribution in [0, 0.1) is 0 Å². The standard InChI is InChI=1S/C47H31NS.C46H25NO2S.C43H26OS/c1-47(2)38-19-9-17-34-35-18-10-20-40-43(35)46-41(49-40)27-37(36-23-24-39(47)45(42(34)38)44(36)46)30-13-8-16-32(26-30)48(31-14-4-3-5-15-31)33-22-21-28-11-6-7-12-29(28)25-33;1-2-9-28(10-3-1)47(30-18-19-33-32-12-4-5-14-35(32)48-38(33)25-30)29-11-6-8-27(24-29)31-20-23-40-46-42(31)34-13-7-15-36-43(34)44-37(49-36)21-16-26-17-22-39(50-40)45(46)41(26)44;1-43(2)31-15-6-13-26-27-14-8-18-35-39(27)42-36(45-35)22-30(28-19-20-32(43)41(38(26)31)40(28)42)24-10-5-9-23(21-24)25-12-7-17-34-37(25)29-11-3-4-16-33(29)44-34/h3-27H,1-2H3;1-25H;3-22H,1-2H3. The van der Waals surface area contributed by atoms with Gasteiger partial charge < -0.3 is 23.1 Å². The van der Waals surface area contributed by atoms with E-state index < -0.39 is 0 Å². The molecule has 6 aromatic heterocycles. The summed E-state index contributed by atoms with van der Waals surface area (Å²) in [5, 5.41) is 25.9. The maximum Gasteiger partial charge on any atom is 0.137 e. The number of thiophene rings is 3. The zero-order valence-corrected chi connectivity index (χ0v) is 81.2. The van der Waals surface area contributed by atoms with E-state index in [2.05, 4.69) is 444 Å². The van der Waals surface area contributed by atoms with E-state index in [4.69, 9.17) is 13.3 Å². The summed E-state index contributed by atoms with van der Waals surface area (Å²) >= 11 is 5.75. The summed E-state index contributed by atoms with van der Waals surface area (Å²) in [6.07, 6.45) is 0. The molecule has 0 aliphatic heterocycles. The molecule has 0 atom stereocenters. The molecule has 8 heteroatoms. The molecule has 0 unspecified atom stereocenters. The molecule has 0 saturated carbocycles. The van der Waals surface area contributed by atoms with Crippen LogP contribution in [0.3, 0.4) is 0 Å². The van der Waals surface area contributed by atoms with E-state index in [1.54, 1.807) is 0 Å². The lowest BCUT2D eigenvalue weighted by Gasteiger charge is -2.26. The summed E-state index contributed by atoms with van der Waals surface area (Å²) in [5.41, 5.74) is 41.4. The first kappa shape index (κ1) is 80.6. The summed E-state index contributed by atoms with van der Waals surface area (Å²) in [7, 11) is 0. The summed E-state index contributed by atoms with van der Waals surface area (Å²) in [6, 6.07) is 156. The fourth-order valence-electron chi connectivity index (χ4n) is 26.1. The normalized spacial score (nSPS) is 13.4. The number of hydrogen-bond donors (Lipinski definition) is 0. The number of benzene rings is 23. The smallest absolute Gasteiger partial charge is 0.137 e. The summed E-state index contributed by atoms with van der Waals surface area (Å²) in [5.74, 6) is 0. The van der Waals surface area contributed by atoms with E-state index in [0.29, 0.717) is 0 Å². The quantitative estimate of drug-likeness (QED) is 0.137. The molecule has 0 bridgehead atoms. The van der Waals surface area contributed by atoms with Crippen molar-refractivity contribution in [1.82, 2.24) is 0 Å². The van der Waals surface area contributed by atoms with Gasteiger partial charge in [0.05, 0.1) is 0 Å². The Kier molecular flexibility index (Phi) is 16.6. The second kappa shape index (κ2) is 29.7. The second-order valence-corrected chi connectivity index (χ2v) is 43.8. The molecule has 0 N–H and O–H groups in total. The van der Waals surface area contributed by atoms with Crippen LogP contribution in [0.1, 0.15) is 49.9 Å². The number of para-hydroxylation sites is 4. The molecular formula is C136H82N2O3S3. The highest BCUT2D eigenvalue weighted by molar-refractivity contribution is 7.27. The monoisotopic (exact) mass is 1890 g/mol. The minimum absolute atomic E-state index is 0.0510. The van der Waals surface area contributed by atoms with Crippen LogP contribution >= 0.6 is 34.0 Å². The van der Waals surface area contributed by atoms with Crippen LogP contribution in [0.15, 0.2) is 438 Å². The maximum absolute atomic E-state index is 6.52. The predicted molar refractivity (Wildman–Crippen MR) is 613 cm³/mol. The molecule has 5 aliphatic rings. The first-order valence-electron chi connectivity index (χ1n) is 49.7. The van der Waals surface area contributed by atoms with Crippen LogP contribution in [-0.2, 0) is 10.8 Å². The molecule has 0 fully saturated rings. The fraction of sp³-hybridized carbons (Fsp3) is 0.0441. The first-order chi connectivity index (χ1) is 70.9. The number of furan rings is 3. The highest BCUT2D eigenvalue weighted by atomic mass is 32.1. The average Bonchev–Trinajstić information content (AvgIpc) is 1.53. The van der Waals surface area contributed by atoms with Crippen LogP contribution in [-0.4, -0.2) is 0 Å². The molecular weight excluding hydrogens is 1810 g/mol. The van der Waals surface area contributed by atoms with Crippen molar-refractivity contribution in [3.8, 4) is 100 Å². The number of hydrogen-bond acceptors (Lipinski definition) is 8. The van der Waals surface area contributed by atoms with E-state index in [9.17, 15) is 0 Å². The molecule has 0 saturated heterocycles.